The van der Waals surface area contributed by atoms with Gasteiger partial charge in [0, 0.05) is 30.7 Å². The number of carbonyl (C=O) groups is 1. The predicted octanol–water partition coefficient (Wildman–Crippen LogP) is 1.83. The fourth-order valence-corrected chi connectivity index (χ4v) is 4.84. The molecule has 24 heavy (non-hydrogen) atoms. The van der Waals surface area contributed by atoms with Crippen LogP contribution < -0.4 is 0 Å². The van der Waals surface area contributed by atoms with Crippen LogP contribution >= 0.6 is 0 Å². The van der Waals surface area contributed by atoms with Crippen molar-refractivity contribution in [3.63, 3.8) is 0 Å². The van der Waals surface area contributed by atoms with Crippen molar-refractivity contribution in [3.05, 3.63) is 48.3 Å². The van der Waals surface area contributed by atoms with Crippen molar-refractivity contribution in [2.24, 2.45) is 0 Å². The highest BCUT2D eigenvalue weighted by Gasteiger charge is 2.34. The van der Waals surface area contributed by atoms with Crippen LogP contribution in [0, 0.1) is 0 Å². The van der Waals surface area contributed by atoms with E-state index in [-0.39, 0.29) is 34.8 Å². The quantitative estimate of drug-likeness (QED) is 0.914. The second-order valence-corrected chi connectivity index (χ2v) is 8.17. The Morgan fingerprint density at radius 1 is 1.33 bits per heavy atom. The molecule has 2 heterocycles. The molecule has 1 N–H and O–H groups in total. The second kappa shape index (κ2) is 6.32. The number of phenolic OH excluding ortho intramolecular Hbond substituents is 1. The minimum Gasteiger partial charge on any atom is -0.507 e. The fourth-order valence-electron chi connectivity index (χ4n) is 3.11. The second-order valence-electron chi connectivity index (χ2n) is 5.94. The number of carbonyl (C=O) groups excluding carboxylic acids is 1. The maximum absolute atomic E-state index is 12.9. The molecule has 0 aliphatic carbocycles. The van der Waals surface area contributed by atoms with Crippen LogP contribution in [0.3, 0.4) is 0 Å². The Kier molecular flexibility index (Phi) is 4.36. The van der Waals surface area contributed by atoms with Gasteiger partial charge < -0.3 is 14.6 Å². The first-order chi connectivity index (χ1) is 11.4. The topological polar surface area (TPSA) is 79.6 Å². The van der Waals surface area contributed by atoms with Gasteiger partial charge in [0.1, 0.15) is 5.75 Å². The average Bonchev–Trinajstić information content (AvgIpc) is 3.18. The number of amides is 1. The summed E-state index contributed by atoms with van der Waals surface area (Å²) in [4.78, 5) is 14.4. The number of phenols is 1. The van der Waals surface area contributed by atoms with Crippen molar-refractivity contribution in [3.8, 4) is 11.4 Å². The number of rotatable bonds is 4. The molecule has 1 aromatic heterocycles. The molecule has 1 aliphatic heterocycles. The number of hydrogen-bond acceptors (Lipinski definition) is 4. The Bertz CT molecular complexity index is 843. The molecular weight excluding hydrogens is 328 g/mol. The minimum atomic E-state index is -3.08. The SMILES string of the molecule is CCN(C(=O)c1cc(-n2cccc2)ccc1O)C1CCS(=O)(=O)C1. The third kappa shape index (κ3) is 3.17. The van der Waals surface area contributed by atoms with Crippen molar-refractivity contribution in [2.75, 3.05) is 18.1 Å². The number of nitrogens with zero attached hydrogens (tertiary/aromatic N) is 2. The number of aromatic hydroxyl groups is 1. The molecule has 2 aromatic rings. The molecular formula is C17H20N2O4S. The van der Waals surface area contributed by atoms with E-state index in [0.717, 1.165) is 5.69 Å². The van der Waals surface area contributed by atoms with Crippen LogP contribution in [0.1, 0.15) is 23.7 Å². The smallest absolute Gasteiger partial charge is 0.257 e. The molecule has 128 valence electrons. The van der Waals surface area contributed by atoms with Crippen LogP contribution in [0.5, 0.6) is 5.75 Å². The lowest BCUT2D eigenvalue weighted by atomic mass is 10.1. The highest BCUT2D eigenvalue weighted by atomic mass is 32.2. The summed E-state index contributed by atoms with van der Waals surface area (Å²) in [5, 5.41) is 10.1. The first-order valence-electron chi connectivity index (χ1n) is 7.89. The van der Waals surface area contributed by atoms with Gasteiger partial charge in [-0.15, -0.1) is 0 Å². The van der Waals surface area contributed by atoms with Crippen molar-refractivity contribution in [1.29, 1.82) is 0 Å². The van der Waals surface area contributed by atoms with E-state index in [2.05, 4.69) is 0 Å². The molecule has 6 nitrogen and oxygen atoms in total. The maximum atomic E-state index is 12.9. The van der Waals surface area contributed by atoms with Gasteiger partial charge >= 0.3 is 0 Å². The van der Waals surface area contributed by atoms with E-state index >= 15 is 0 Å². The molecule has 1 aliphatic rings. The van der Waals surface area contributed by atoms with Crippen molar-refractivity contribution in [1.82, 2.24) is 9.47 Å². The van der Waals surface area contributed by atoms with Crippen LogP contribution in [-0.2, 0) is 9.84 Å². The van der Waals surface area contributed by atoms with E-state index in [0.29, 0.717) is 13.0 Å². The van der Waals surface area contributed by atoms with Gasteiger partial charge in [-0.2, -0.15) is 0 Å². The summed E-state index contributed by atoms with van der Waals surface area (Å²) < 4.78 is 25.3. The summed E-state index contributed by atoms with van der Waals surface area (Å²) in [6.07, 6.45) is 4.14. The van der Waals surface area contributed by atoms with Gasteiger partial charge in [-0.1, -0.05) is 0 Å². The normalized spacial score (nSPS) is 19.3. The zero-order valence-electron chi connectivity index (χ0n) is 13.4. The summed E-state index contributed by atoms with van der Waals surface area (Å²) in [5.41, 5.74) is 0.948. The van der Waals surface area contributed by atoms with Gasteiger partial charge in [0.25, 0.3) is 5.91 Å². The Labute approximate surface area is 141 Å². The van der Waals surface area contributed by atoms with Gasteiger partial charge in [0.2, 0.25) is 0 Å². The number of benzene rings is 1. The molecule has 1 aromatic carbocycles. The lowest BCUT2D eigenvalue weighted by Gasteiger charge is -2.27. The summed E-state index contributed by atoms with van der Waals surface area (Å²) in [7, 11) is -3.08. The highest BCUT2D eigenvalue weighted by molar-refractivity contribution is 7.91. The van der Waals surface area contributed by atoms with Crippen LogP contribution in [-0.4, -0.2) is 53.0 Å². The van der Waals surface area contributed by atoms with E-state index in [1.807, 2.05) is 36.0 Å². The fraction of sp³-hybridized carbons (Fsp3) is 0.353. The van der Waals surface area contributed by atoms with Gasteiger partial charge in [-0.05, 0) is 43.7 Å². The zero-order chi connectivity index (χ0) is 17.3. The number of sulfone groups is 1. The molecule has 1 unspecified atom stereocenters. The van der Waals surface area contributed by atoms with Crippen LogP contribution in [0.25, 0.3) is 5.69 Å². The van der Waals surface area contributed by atoms with Crippen molar-refractivity contribution >= 4 is 15.7 Å². The minimum absolute atomic E-state index is 0.00929. The van der Waals surface area contributed by atoms with Gasteiger partial charge in [-0.3, -0.25) is 4.79 Å². The molecule has 0 saturated carbocycles. The monoisotopic (exact) mass is 348 g/mol. The Morgan fingerprint density at radius 3 is 2.62 bits per heavy atom. The molecule has 0 bridgehead atoms. The Balaban J connectivity index is 1.92. The molecule has 1 saturated heterocycles. The van der Waals surface area contributed by atoms with Gasteiger partial charge in [-0.25, -0.2) is 8.42 Å². The third-order valence-electron chi connectivity index (χ3n) is 4.36. The molecule has 1 atom stereocenters. The van der Waals surface area contributed by atoms with Crippen LogP contribution in [0.2, 0.25) is 0 Å². The lowest BCUT2D eigenvalue weighted by Crippen LogP contribution is -2.41. The van der Waals surface area contributed by atoms with E-state index < -0.39 is 9.84 Å². The molecule has 0 radical (unpaired) electrons. The number of aromatic nitrogens is 1. The highest BCUT2D eigenvalue weighted by Crippen LogP contribution is 2.26. The largest absolute Gasteiger partial charge is 0.507 e. The van der Waals surface area contributed by atoms with E-state index in [1.54, 1.807) is 17.0 Å². The van der Waals surface area contributed by atoms with Gasteiger partial charge in [0.15, 0.2) is 9.84 Å². The van der Waals surface area contributed by atoms with Crippen LogP contribution in [0.15, 0.2) is 42.7 Å². The number of hydrogen-bond donors (Lipinski definition) is 1. The van der Waals surface area contributed by atoms with E-state index in [1.165, 1.54) is 6.07 Å². The zero-order valence-corrected chi connectivity index (χ0v) is 14.2. The Hall–Kier alpha value is -2.28. The van der Waals surface area contributed by atoms with E-state index in [4.69, 9.17) is 0 Å². The third-order valence-corrected chi connectivity index (χ3v) is 6.11. The molecule has 3 rings (SSSR count). The predicted molar refractivity (Wildman–Crippen MR) is 91.2 cm³/mol. The summed E-state index contributed by atoms with van der Waals surface area (Å²) in [6.45, 7) is 2.21. The summed E-state index contributed by atoms with van der Waals surface area (Å²) >= 11 is 0. The standard InChI is InChI=1S/C17H20N2O4S/c1-2-19(14-7-10-24(22,23)12-14)17(21)15-11-13(5-6-16(15)20)18-8-3-4-9-18/h3-6,8-9,11,14,20H,2,7,10,12H2,1H3. The first kappa shape index (κ1) is 16.6. The lowest BCUT2D eigenvalue weighted by molar-refractivity contribution is 0.0705. The van der Waals surface area contributed by atoms with Crippen molar-refractivity contribution < 1.29 is 18.3 Å². The van der Waals surface area contributed by atoms with Gasteiger partial charge in [0.05, 0.1) is 17.1 Å². The van der Waals surface area contributed by atoms with Crippen LogP contribution in [0.4, 0.5) is 0 Å². The average molecular weight is 348 g/mol. The molecule has 0 spiro atoms. The summed E-state index contributed by atoms with van der Waals surface area (Å²) in [6, 6.07) is 8.25. The molecule has 1 fully saturated rings. The molecule has 1 amide bonds. The first-order valence-corrected chi connectivity index (χ1v) is 9.71. The Morgan fingerprint density at radius 2 is 2.04 bits per heavy atom. The van der Waals surface area contributed by atoms with Crippen molar-refractivity contribution in [2.45, 2.75) is 19.4 Å². The van der Waals surface area contributed by atoms with E-state index in [9.17, 15) is 18.3 Å². The molecule has 7 heteroatoms. The summed E-state index contributed by atoms with van der Waals surface area (Å²) in [5.74, 6) is -0.345. The maximum Gasteiger partial charge on any atom is 0.257 e.